The van der Waals surface area contributed by atoms with Crippen molar-refractivity contribution in [1.29, 1.82) is 0 Å². The average molecular weight is 195 g/mol. The summed E-state index contributed by atoms with van der Waals surface area (Å²) in [7, 11) is 0. The van der Waals surface area contributed by atoms with Crippen molar-refractivity contribution >= 4 is 5.69 Å². The third-order valence-electron chi connectivity index (χ3n) is 2.45. The van der Waals surface area contributed by atoms with Gasteiger partial charge in [0.05, 0.1) is 5.69 Å². The van der Waals surface area contributed by atoms with E-state index in [1.54, 1.807) is 12.1 Å². The van der Waals surface area contributed by atoms with E-state index in [2.05, 4.69) is 17.2 Å². The van der Waals surface area contributed by atoms with Gasteiger partial charge in [-0.2, -0.15) is 4.39 Å². The summed E-state index contributed by atoms with van der Waals surface area (Å²) < 4.78 is 13.3. The third kappa shape index (κ3) is 1.85. The first-order valence-corrected chi connectivity index (χ1v) is 4.86. The Morgan fingerprint density at radius 1 is 1.64 bits per heavy atom. The maximum Gasteiger partial charge on any atom is 0.236 e. The van der Waals surface area contributed by atoms with Gasteiger partial charge in [-0.3, -0.25) is 0 Å². The number of halogens is 1. The van der Waals surface area contributed by atoms with Crippen molar-refractivity contribution in [2.75, 3.05) is 24.5 Å². The van der Waals surface area contributed by atoms with Crippen LogP contribution in [0.1, 0.15) is 6.92 Å². The Balaban J connectivity index is 2.18. The van der Waals surface area contributed by atoms with E-state index < -0.39 is 0 Å². The zero-order valence-electron chi connectivity index (χ0n) is 8.20. The minimum atomic E-state index is -0.374. The largest absolute Gasteiger partial charge is 0.365 e. The number of nitrogens with one attached hydrogen (secondary N) is 1. The van der Waals surface area contributed by atoms with Gasteiger partial charge in [0.2, 0.25) is 5.95 Å². The number of rotatable bonds is 1. The molecule has 1 aliphatic heterocycles. The first-order valence-electron chi connectivity index (χ1n) is 4.86. The molecule has 1 atom stereocenters. The predicted octanol–water partition coefficient (Wildman–Crippen LogP) is 1.02. The predicted molar refractivity (Wildman–Crippen MR) is 53.9 cm³/mol. The Bertz CT molecular complexity index is 316. The highest BCUT2D eigenvalue weighted by atomic mass is 19.1. The first-order chi connectivity index (χ1) is 6.77. The highest BCUT2D eigenvalue weighted by molar-refractivity contribution is 5.45. The second-order valence-corrected chi connectivity index (χ2v) is 3.61. The Kier molecular flexibility index (Phi) is 2.63. The van der Waals surface area contributed by atoms with E-state index in [9.17, 15) is 4.39 Å². The minimum Gasteiger partial charge on any atom is -0.365 e. The molecule has 0 bridgehead atoms. The zero-order valence-corrected chi connectivity index (χ0v) is 8.20. The standard InChI is InChI=1S/C10H14FN3/c1-8-7-14(6-5-12-8)9-3-2-4-13-10(9)11/h2-4,8,12H,5-7H2,1H3. The maximum atomic E-state index is 13.3. The van der Waals surface area contributed by atoms with Crippen LogP contribution in [0.4, 0.5) is 10.1 Å². The highest BCUT2D eigenvalue weighted by Gasteiger charge is 2.18. The molecule has 1 aliphatic rings. The van der Waals surface area contributed by atoms with E-state index in [1.165, 1.54) is 6.20 Å². The summed E-state index contributed by atoms with van der Waals surface area (Å²) >= 11 is 0. The maximum absolute atomic E-state index is 13.3. The van der Waals surface area contributed by atoms with Gasteiger partial charge in [0.25, 0.3) is 0 Å². The van der Waals surface area contributed by atoms with Crippen molar-refractivity contribution in [2.45, 2.75) is 13.0 Å². The van der Waals surface area contributed by atoms with Crippen LogP contribution in [0.5, 0.6) is 0 Å². The lowest BCUT2D eigenvalue weighted by molar-refractivity contribution is 0.475. The molecule has 4 heteroatoms. The van der Waals surface area contributed by atoms with E-state index in [1.807, 2.05) is 4.90 Å². The Hall–Kier alpha value is -1.16. The smallest absolute Gasteiger partial charge is 0.236 e. The fraction of sp³-hybridized carbons (Fsp3) is 0.500. The van der Waals surface area contributed by atoms with Crippen LogP contribution < -0.4 is 10.2 Å². The fourth-order valence-electron chi connectivity index (χ4n) is 1.76. The van der Waals surface area contributed by atoms with Crippen molar-refractivity contribution in [2.24, 2.45) is 0 Å². The lowest BCUT2D eigenvalue weighted by Gasteiger charge is -2.33. The van der Waals surface area contributed by atoms with Crippen LogP contribution in [0.15, 0.2) is 18.3 Å². The van der Waals surface area contributed by atoms with Gasteiger partial charge in [-0.15, -0.1) is 0 Å². The van der Waals surface area contributed by atoms with Crippen LogP contribution in [0.3, 0.4) is 0 Å². The molecule has 0 saturated carbocycles. The number of hydrogen-bond acceptors (Lipinski definition) is 3. The van der Waals surface area contributed by atoms with E-state index in [0.717, 1.165) is 19.6 Å². The van der Waals surface area contributed by atoms with E-state index in [4.69, 9.17) is 0 Å². The zero-order chi connectivity index (χ0) is 9.97. The van der Waals surface area contributed by atoms with Crippen LogP contribution in [-0.4, -0.2) is 30.7 Å². The Labute approximate surface area is 82.9 Å². The Morgan fingerprint density at radius 2 is 2.50 bits per heavy atom. The molecular weight excluding hydrogens is 181 g/mol. The van der Waals surface area contributed by atoms with E-state index in [0.29, 0.717) is 11.7 Å². The molecule has 1 aromatic rings. The van der Waals surface area contributed by atoms with Gasteiger partial charge in [0.15, 0.2) is 0 Å². The molecule has 1 unspecified atom stereocenters. The lowest BCUT2D eigenvalue weighted by Crippen LogP contribution is -2.49. The Morgan fingerprint density at radius 3 is 3.21 bits per heavy atom. The summed E-state index contributed by atoms with van der Waals surface area (Å²) in [6, 6.07) is 3.95. The summed E-state index contributed by atoms with van der Waals surface area (Å²) in [6.07, 6.45) is 1.48. The molecule has 1 saturated heterocycles. The molecular formula is C10H14FN3. The van der Waals surface area contributed by atoms with Crippen molar-refractivity contribution < 1.29 is 4.39 Å². The van der Waals surface area contributed by atoms with Gasteiger partial charge in [-0.05, 0) is 19.1 Å². The monoisotopic (exact) mass is 195 g/mol. The van der Waals surface area contributed by atoms with Gasteiger partial charge in [0, 0.05) is 31.9 Å². The van der Waals surface area contributed by atoms with Gasteiger partial charge < -0.3 is 10.2 Å². The fourth-order valence-corrected chi connectivity index (χ4v) is 1.76. The number of nitrogens with zero attached hydrogens (tertiary/aromatic N) is 2. The molecule has 3 nitrogen and oxygen atoms in total. The van der Waals surface area contributed by atoms with Gasteiger partial charge in [0.1, 0.15) is 0 Å². The van der Waals surface area contributed by atoms with Crippen LogP contribution in [0, 0.1) is 5.95 Å². The van der Waals surface area contributed by atoms with Crippen molar-refractivity contribution in [3.63, 3.8) is 0 Å². The summed E-state index contributed by atoms with van der Waals surface area (Å²) in [4.78, 5) is 5.68. The summed E-state index contributed by atoms with van der Waals surface area (Å²) in [6.45, 7) is 4.67. The molecule has 0 aromatic carbocycles. The average Bonchev–Trinajstić information content (AvgIpc) is 2.18. The first kappa shape index (κ1) is 9.40. The highest BCUT2D eigenvalue weighted by Crippen LogP contribution is 2.17. The van der Waals surface area contributed by atoms with Gasteiger partial charge in [-0.1, -0.05) is 0 Å². The van der Waals surface area contributed by atoms with Crippen LogP contribution >= 0.6 is 0 Å². The van der Waals surface area contributed by atoms with Crippen molar-refractivity contribution in [3.05, 3.63) is 24.3 Å². The van der Waals surface area contributed by atoms with Crippen LogP contribution in [0.2, 0.25) is 0 Å². The van der Waals surface area contributed by atoms with Crippen LogP contribution in [0.25, 0.3) is 0 Å². The molecule has 76 valence electrons. The lowest BCUT2D eigenvalue weighted by atomic mass is 10.2. The molecule has 2 rings (SSSR count). The number of pyridine rings is 1. The third-order valence-corrected chi connectivity index (χ3v) is 2.45. The topological polar surface area (TPSA) is 28.2 Å². The number of piperazine rings is 1. The number of anilines is 1. The molecule has 1 aromatic heterocycles. The SMILES string of the molecule is CC1CN(c2cccnc2F)CCN1. The van der Waals surface area contributed by atoms with Crippen molar-refractivity contribution in [3.8, 4) is 0 Å². The number of aromatic nitrogens is 1. The number of hydrogen-bond donors (Lipinski definition) is 1. The second kappa shape index (κ2) is 3.92. The molecule has 0 radical (unpaired) electrons. The molecule has 0 amide bonds. The summed E-state index contributed by atoms with van der Waals surface area (Å²) in [5, 5.41) is 3.32. The molecule has 1 N–H and O–H groups in total. The molecule has 2 heterocycles. The van der Waals surface area contributed by atoms with E-state index in [-0.39, 0.29) is 5.95 Å². The quantitative estimate of drug-likeness (QED) is 0.678. The molecule has 0 aliphatic carbocycles. The minimum absolute atomic E-state index is 0.374. The molecule has 1 fully saturated rings. The van der Waals surface area contributed by atoms with E-state index >= 15 is 0 Å². The van der Waals surface area contributed by atoms with Gasteiger partial charge in [-0.25, -0.2) is 4.98 Å². The van der Waals surface area contributed by atoms with Gasteiger partial charge >= 0.3 is 0 Å². The van der Waals surface area contributed by atoms with Crippen molar-refractivity contribution in [1.82, 2.24) is 10.3 Å². The van der Waals surface area contributed by atoms with Crippen LogP contribution in [-0.2, 0) is 0 Å². The molecule has 14 heavy (non-hydrogen) atoms. The summed E-state index contributed by atoms with van der Waals surface area (Å²) in [5.74, 6) is -0.374. The summed E-state index contributed by atoms with van der Waals surface area (Å²) in [5.41, 5.74) is 0.612. The second-order valence-electron chi connectivity index (χ2n) is 3.61. The normalized spacial score (nSPS) is 22.4. The molecule has 0 spiro atoms.